The first-order valence-corrected chi connectivity index (χ1v) is 9.41. The van der Waals surface area contributed by atoms with E-state index in [4.69, 9.17) is 5.73 Å². The highest BCUT2D eigenvalue weighted by Gasteiger charge is 2.31. The van der Waals surface area contributed by atoms with Crippen LogP contribution in [-0.2, 0) is 4.79 Å². The van der Waals surface area contributed by atoms with Gasteiger partial charge in [0, 0.05) is 23.9 Å². The number of urea groups is 1. The lowest BCUT2D eigenvalue weighted by Crippen LogP contribution is -2.47. The Morgan fingerprint density at radius 1 is 1.22 bits per heavy atom. The number of nitrogens with one attached hydrogen (secondary N) is 1. The van der Waals surface area contributed by atoms with Crippen molar-refractivity contribution in [3.05, 3.63) is 22.4 Å². The molecule has 3 amide bonds. The van der Waals surface area contributed by atoms with Crippen LogP contribution in [0, 0.1) is 11.8 Å². The van der Waals surface area contributed by atoms with Crippen LogP contribution in [0.4, 0.5) is 4.79 Å². The van der Waals surface area contributed by atoms with Crippen molar-refractivity contribution < 1.29 is 9.59 Å². The van der Waals surface area contributed by atoms with E-state index < -0.39 is 0 Å². The van der Waals surface area contributed by atoms with Crippen molar-refractivity contribution in [1.29, 1.82) is 0 Å². The molecule has 1 aromatic rings. The van der Waals surface area contributed by atoms with Crippen LogP contribution < -0.4 is 11.1 Å². The van der Waals surface area contributed by atoms with Gasteiger partial charge in [-0.15, -0.1) is 11.3 Å². The third kappa shape index (κ3) is 3.86. The lowest BCUT2D eigenvalue weighted by molar-refractivity contribution is -0.123. The van der Waals surface area contributed by atoms with Gasteiger partial charge in [-0.1, -0.05) is 18.9 Å². The predicted molar refractivity (Wildman–Crippen MR) is 91.0 cm³/mol. The van der Waals surface area contributed by atoms with Gasteiger partial charge in [-0.3, -0.25) is 4.79 Å². The molecular formula is C17H25N3O2S. The zero-order chi connectivity index (χ0) is 16.2. The summed E-state index contributed by atoms with van der Waals surface area (Å²) in [5.74, 6) is 0.218. The van der Waals surface area contributed by atoms with Crippen molar-refractivity contribution in [3.8, 4) is 0 Å². The molecule has 5 nitrogen and oxygen atoms in total. The quantitative estimate of drug-likeness (QED) is 0.888. The summed E-state index contributed by atoms with van der Waals surface area (Å²) < 4.78 is 0. The molecule has 0 bridgehead atoms. The fourth-order valence-electron chi connectivity index (χ4n) is 3.77. The molecule has 1 saturated heterocycles. The average molecular weight is 335 g/mol. The van der Waals surface area contributed by atoms with Crippen LogP contribution in [0.2, 0.25) is 0 Å². The number of hydrogen-bond acceptors (Lipinski definition) is 3. The Bertz CT molecular complexity index is 532. The molecule has 1 saturated carbocycles. The van der Waals surface area contributed by atoms with Crippen molar-refractivity contribution in [2.45, 2.75) is 44.6 Å². The number of piperidine rings is 1. The molecule has 2 heterocycles. The Kier molecular flexibility index (Phi) is 5.20. The number of nitrogens with two attached hydrogens (primary N) is 1. The molecule has 1 aliphatic carbocycles. The first kappa shape index (κ1) is 16.3. The number of primary amides is 1. The highest BCUT2D eigenvalue weighted by Crippen LogP contribution is 2.37. The molecule has 0 aromatic carbocycles. The molecule has 0 spiro atoms. The van der Waals surface area contributed by atoms with Crippen LogP contribution in [0.3, 0.4) is 0 Å². The summed E-state index contributed by atoms with van der Waals surface area (Å²) >= 11 is 1.72. The maximum absolute atomic E-state index is 12.6. The van der Waals surface area contributed by atoms with Crippen molar-refractivity contribution >= 4 is 23.3 Å². The van der Waals surface area contributed by atoms with E-state index in [-0.39, 0.29) is 23.9 Å². The summed E-state index contributed by atoms with van der Waals surface area (Å²) in [4.78, 5) is 27.0. The van der Waals surface area contributed by atoms with E-state index in [2.05, 4.69) is 16.8 Å². The van der Waals surface area contributed by atoms with Gasteiger partial charge in [0.2, 0.25) is 5.91 Å². The highest BCUT2D eigenvalue weighted by atomic mass is 32.1. The molecule has 6 heteroatoms. The summed E-state index contributed by atoms with van der Waals surface area (Å²) in [6.45, 7) is 1.22. The Hall–Kier alpha value is -1.56. The fraction of sp³-hybridized carbons (Fsp3) is 0.647. The predicted octanol–water partition coefficient (Wildman–Crippen LogP) is 2.89. The number of amides is 3. The van der Waals surface area contributed by atoms with E-state index in [9.17, 15) is 9.59 Å². The molecule has 2 fully saturated rings. The van der Waals surface area contributed by atoms with Gasteiger partial charge in [0.15, 0.2) is 0 Å². The summed E-state index contributed by atoms with van der Waals surface area (Å²) in [5.41, 5.74) is 5.36. The fourth-order valence-corrected chi connectivity index (χ4v) is 4.64. The molecule has 2 aliphatic rings. The van der Waals surface area contributed by atoms with Gasteiger partial charge >= 0.3 is 6.03 Å². The summed E-state index contributed by atoms with van der Waals surface area (Å²) in [6, 6.07) is 4.29. The van der Waals surface area contributed by atoms with E-state index in [0.29, 0.717) is 31.8 Å². The number of likely N-dealkylation sites (tertiary alicyclic amines) is 1. The lowest BCUT2D eigenvalue weighted by atomic mass is 9.95. The van der Waals surface area contributed by atoms with Crippen molar-refractivity contribution in [3.63, 3.8) is 0 Å². The standard InChI is InChI=1S/C17H25N3O2S/c18-16(21)13-7-9-20(10-8-13)17(22)19-15(12-4-1-2-5-12)14-6-3-11-23-14/h3,6,11-13,15H,1-2,4-5,7-10H2,(H2,18,21)(H,19,22)/t15-/m1/s1. The largest absolute Gasteiger partial charge is 0.369 e. The van der Waals surface area contributed by atoms with Crippen molar-refractivity contribution in [2.24, 2.45) is 17.6 Å². The molecular weight excluding hydrogens is 310 g/mol. The third-order valence-electron chi connectivity index (χ3n) is 5.18. The zero-order valence-corrected chi connectivity index (χ0v) is 14.2. The molecule has 23 heavy (non-hydrogen) atoms. The highest BCUT2D eigenvalue weighted by molar-refractivity contribution is 7.10. The maximum Gasteiger partial charge on any atom is 0.317 e. The second kappa shape index (κ2) is 7.34. The average Bonchev–Trinajstić information content (AvgIpc) is 3.26. The van der Waals surface area contributed by atoms with Crippen LogP contribution in [0.1, 0.15) is 49.4 Å². The number of thiophene rings is 1. The number of hydrogen-bond donors (Lipinski definition) is 2. The van der Waals surface area contributed by atoms with Crippen LogP contribution in [0.25, 0.3) is 0 Å². The van der Waals surface area contributed by atoms with E-state index in [1.165, 1.54) is 30.6 Å². The number of carbonyl (C=O) groups excluding carboxylic acids is 2. The number of carbonyl (C=O) groups is 2. The molecule has 1 aliphatic heterocycles. The van der Waals surface area contributed by atoms with Crippen LogP contribution >= 0.6 is 11.3 Å². The maximum atomic E-state index is 12.6. The van der Waals surface area contributed by atoms with Gasteiger partial charge in [0.1, 0.15) is 0 Å². The monoisotopic (exact) mass is 335 g/mol. The van der Waals surface area contributed by atoms with Gasteiger partial charge in [-0.05, 0) is 43.0 Å². The first-order valence-electron chi connectivity index (χ1n) is 8.53. The Balaban J connectivity index is 1.61. The van der Waals surface area contributed by atoms with Gasteiger partial charge in [-0.2, -0.15) is 0 Å². The van der Waals surface area contributed by atoms with Crippen LogP contribution in [0.5, 0.6) is 0 Å². The Morgan fingerprint density at radius 2 is 1.91 bits per heavy atom. The van der Waals surface area contributed by atoms with E-state index >= 15 is 0 Å². The summed E-state index contributed by atoms with van der Waals surface area (Å²) in [5, 5.41) is 5.33. The normalized spacial score (nSPS) is 21.3. The number of nitrogens with zero attached hydrogens (tertiary/aromatic N) is 1. The second-order valence-electron chi connectivity index (χ2n) is 6.65. The van der Waals surface area contributed by atoms with E-state index in [1.54, 1.807) is 11.3 Å². The molecule has 0 radical (unpaired) electrons. The zero-order valence-electron chi connectivity index (χ0n) is 13.4. The Morgan fingerprint density at radius 3 is 2.48 bits per heavy atom. The minimum absolute atomic E-state index is 0.00165. The molecule has 1 aromatic heterocycles. The molecule has 0 unspecified atom stereocenters. The molecule has 3 rings (SSSR count). The van der Waals surface area contributed by atoms with Crippen molar-refractivity contribution in [1.82, 2.24) is 10.2 Å². The second-order valence-corrected chi connectivity index (χ2v) is 7.63. The first-order chi connectivity index (χ1) is 11.1. The molecule has 3 N–H and O–H groups in total. The van der Waals surface area contributed by atoms with E-state index in [1.807, 2.05) is 11.0 Å². The van der Waals surface area contributed by atoms with Gasteiger partial charge in [0.25, 0.3) is 0 Å². The minimum Gasteiger partial charge on any atom is -0.369 e. The van der Waals surface area contributed by atoms with Crippen LogP contribution in [0.15, 0.2) is 17.5 Å². The van der Waals surface area contributed by atoms with Crippen molar-refractivity contribution in [2.75, 3.05) is 13.1 Å². The molecule has 126 valence electrons. The van der Waals surface area contributed by atoms with E-state index in [0.717, 1.165) is 0 Å². The molecule has 1 atom stereocenters. The lowest BCUT2D eigenvalue weighted by Gasteiger charge is -2.33. The third-order valence-corrected chi connectivity index (χ3v) is 6.14. The van der Waals surface area contributed by atoms with Crippen LogP contribution in [-0.4, -0.2) is 29.9 Å². The Labute approximate surface area is 141 Å². The summed E-state index contributed by atoms with van der Waals surface area (Å²) in [6.07, 6.45) is 6.24. The topological polar surface area (TPSA) is 75.4 Å². The number of rotatable bonds is 4. The van der Waals surface area contributed by atoms with Gasteiger partial charge in [-0.25, -0.2) is 4.79 Å². The summed E-state index contributed by atoms with van der Waals surface area (Å²) in [7, 11) is 0. The minimum atomic E-state index is -0.243. The van der Waals surface area contributed by atoms with Gasteiger partial charge < -0.3 is 16.0 Å². The smallest absolute Gasteiger partial charge is 0.317 e. The van der Waals surface area contributed by atoms with Gasteiger partial charge in [0.05, 0.1) is 6.04 Å². The SMILES string of the molecule is NC(=O)C1CCN(C(=O)N[C@@H](c2cccs2)C2CCCC2)CC1.